The Morgan fingerprint density at radius 3 is 2.15 bits per heavy atom. The summed E-state index contributed by atoms with van der Waals surface area (Å²) in [6.07, 6.45) is 9.81. The van der Waals surface area contributed by atoms with Crippen LogP contribution >= 0.6 is 0 Å². The van der Waals surface area contributed by atoms with Crippen LogP contribution < -0.4 is 0 Å². The van der Waals surface area contributed by atoms with Crippen molar-refractivity contribution in [2.24, 2.45) is 0 Å². The predicted molar refractivity (Wildman–Crippen MR) is 136 cm³/mol. The van der Waals surface area contributed by atoms with Crippen LogP contribution in [0.25, 0.3) is 45.8 Å². The molecule has 5 rings (SSSR count). The highest BCUT2D eigenvalue weighted by molar-refractivity contribution is 5.82. The van der Waals surface area contributed by atoms with E-state index in [9.17, 15) is 0 Å². The Balaban J connectivity index is 1.60. The first-order chi connectivity index (χ1) is 16.3. The number of nitrogens with zero attached hydrogens (tertiary/aromatic N) is 3. The van der Waals surface area contributed by atoms with Crippen molar-refractivity contribution in [1.29, 1.82) is 0 Å². The molecule has 3 heteroatoms. The zero-order valence-electron chi connectivity index (χ0n) is 18.4. The first-order valence-corrected chi connectivity index (χ1v) is 10.9. The van der Waals surface area contributed by atoms with E-state index in [2.05, 4.69) is 65.7 Å². The molecule has 5 aromatic rings. The highest BCUT2D eigenvalue weighted by Crippen LogP contribution is 2.31. The second-order valence-electron chi connectivity index (χ2n) is 7.84. The van der Waals surface area contributed by atoms with Gasteiger partial charge in [-0.15, -0.1) is 0 Å². The van der Waals surface area contributed by atoms with Crippen LogP contribution in [0.15, 0.2) is 110 Å². The van der Waals surface area contributed by atoms with Crippen molar-refractivity contribution >= 4 is 12.2 Å². The molecule has 0 aliphatic heterocycles. The smallest absolute Gasteiger partial charge is 0.0792 e. The van der Waals surface area contributed by atoms with Gasteiger partial charge in [0, 0.05) is 52.1 Å². The van der Waals surface area contributed by atoms with E-state index in [-0.39, 0.29) is 0 Å². The molecule has 0 saturated heterocycles. The maximum atomic E-state index is 4.89. The summed E-state index contributed by atoms with van der Waals surface area (Å²) in [6.45, 7) is 2.04. The third kappa shape index (κ3) is 4.63. The first kappa shape index (κ1) is 20.5. The van der Waals surface area contributed by atoms with E-state index in [1.54, 1.807) is 6.20 Å². The number of hydrogen-bond donors (Lipinski definition) is 0. The molecule has 0 spiro atoms. The number of aromatic nitrogens is 3. The van der Waals surface area contributed by atoms with Crippen molar-refractivity contribution < 1.29 is 0 Å². The van der Waals surface area contributed by atoms with Crippen LogP contribution in [0.4, 0.5) is 0 Å². The summed E-state index contributed by atoms with van der Waals surface area (Å²) >= 11 is 0. The molecular weight excluding hydrogens is 402 g/mol. The molecule has 0 fully saturated rings. The van der Waals surface area contributed by atoms with Crippen LogP contribution in [0, 0.1) is 6.92 Å². The maximum Gasteiger partial charge on any atom is 0.0792 e. The van der Waals surface area contributed by atoms with Gasteiger partial charge >= 0.3 is 0 Å². The summed E-state index contributed by atoms with van der Waals surface area (Å²) < 4.78 is 0. The zero-order chi connectivity index (χ0) is 22.5. The van der Waals surface area contributed by atoms with Gasteiger partial charge in [0.2, 0.25) is 0 Å². The lowest BCUT2D eigenvalue weighted by molar-refractivity contribution is 1.19. The maximum absolute atomic E-state index is 4.89. The lowest BCUT2D eigenvalue weighted by Gasteiger charge is -2.12. The Labute approximate surface area is 194 Å². The third-order valence-corrected chi connectivity index (χ3v) is 5.58. The number of hydrogen-bond acceptors (Lipinski definition) is 3. The van der Waals surface area contributed by atoms with E-state index in [0.29, 0.717) is 0 Å². The van der Waals surface area contributed by atoms with Gasteiger partial charge in [0.25, 0.3) is 0 Å². The van der Waals surface area contributed by atoms with Crippen molar-refractivity contribution in [1.82, 2.24) is 15.0 Å². The molecule has 0 saturated carbocycles. The summed E-state index contributed by atoms with van der Waals surface area (Å²) in [5.41, 5.74) is 9.22. The van der Waals surface area contributed by atoms with Crippen LogP contribution in [-0.2, 0) is 0 Å². The topological polar surface area (TPSA) is 38.7 Å². The Morgan fingerprint density at radius 1 is 0.667 bits per heavy atom. The second-order valence-corrected chi connectivity index (χ2v) is 7.84. The van der Waals surface area contributed by atoms with Crippen LogP contribution in [0.1, 0.15) is 16.8 Å². The van der Waals surface area contributed by atoms with Crippen molar-refractivity contribution in [2.45, 2.75) is 6.92 Å². The Bertz CT molecular complexity index is 1390. The lowest BCUT2D eigenvalue weighted by Crippen LogP contribution is -1.96. The summed E-state index contributed by atoms with van der Waals surface area (Å²) in [6, 6.07) is 30.9. The minimum Gasteiger partial charge on any atom is -0.264 e. The Morgan fingerprint density at radius 2 is 1.42 bits per heavy atom. The molecule has 2 aromatic carbocycles. The van der Waals surface area contributed by atoms with Gasteiger partial charge in [0.1, 0.15) is 0 Å². The van der Waals surface area contributed by atoms with Gasteiger partial charge in [0.05, 0.1) is 11.4 Å². The van der Waals surface area contributed by atoms with E-state index >= 15 is 0 Å². The van der Waals surface area contributed by atoms with Crippen molar-refractivity contribution in [3.8, 4) is 33.6 Å². The molecule has 0 radical (unpaired) electrons. The van der Waals surface area contributed by atoms with Gasteiger partial charge in [-0.25, -0.2) is 0 Å². The average Bonchev–Trinajstić information content (AvgIpc) is 2.89. The molecular formula is C30H23N3. The third-order valence-electron chi connectivity index (χ3n) is 5.58. The molecule has 0 bridgehead atoms. The molecule has 158 valence electrons. The number of benzene rings is 2. The standard InChI is InChI=1S/C30H23N3/c1-22-28(16-17-29(33-22)24-11-6-3-7-12-24)30-25(15-14-23-9-4-2-5-10-23)19-27(21-32-30)26-13-8-18-31-20-26/h2-21H,1H3/b15-14+. The molecule has 3 heterocycles. The molecule has 33 heavy (non-hydrogen) atoms. The normalized spacial score (nSPS) is 11.1. The van der Waals surface area contributed by atoms with Gasteiger partial charge in [-0.05, 0) is 36.8 Å². The molecule has 0 aliphatic rings. The second kappa shape index (κ2) is 9.41. The number of aryl methyl sites for hydroxylation is 1. The predicted octanol–water partition coefficient (Wildman–Crippen LogP) is 7.35. The fraction of sp³-hybridized carbons (Fsp3) is 0.0333. The van der Waals surface area contributed by atoms with Crippen LogP contribution in [0.3, 0.4) is 0 Å². The molecule has 0 amide bonds. The summed E-state index contributed by atoms with van der Waals surface area (Å²) in [5.74, 6) is 0. The monoisotopic (exact) mass is 425 g/mol. The quantitative estimate of drug-likeness (QED) is 0.295. The summed E-state index contributed by atoms with van der Waals surface area (Å²) in [5, 5.41) is 0. The van der Waals surface area contributed by atoms with Crippen molar-refractivity contribution in [3.05, 3.63) is 126 Å². The van der Waals surface area contributed by atoms with Gasteiger partial charge in [0.15, 0.2) is 0 Å². The minimum absolute atomic E-state index is 0.916. The average molecular weight is 426 g/mol. The van der Waals surface area contributed by atoms with E-state index < -0.39 is 0 Å². The molecule has 0 N–H and O–H groups in total. The minimum atomic E-state index is 0.916. The zero-order valence-corrected chi connectivity index (χ0v) is 18.4. The number of pyridine rings is 3. The van der Waals surface area contributed by atoms with Gasteiger partial charge in [-0.1, -0.05) is 78.9 Å². The fourth-order valence-electron chi connectivity index (χ4n) is 3.86. The SMILES string of the molecule is Cc1nc(-c2ccccc2)ccc1-c1ncc(-c2cccnc2)cc1/C=C/c1ccccc1. The lowest BCUT2D eigenvalue weighted by atomic mass is 9.99. The van der Waals surface area contributed by atoms with E-state index in [4.69, 9.17) is 9.97 Å². The molecule has 3 aromatic heterocycles. The van der Waals surface area contributed by atoms with Gasteiger partial charge < -0.3 is 0 Å². The molecule has 0 atom stereocenters. The van der Waals surface area contributed by atoms with Crippen molar-refractivity contribution in [2.75, 3.05) is 0 Å². The first-order valence-electron chi connectivity index (χ1n) is 10.9. The van der Waals surface area contributed by atoms with Crippen LogP contribution in [0.2, 0.25) is 0 Å². The van der Waals surface area contributed by atoms with Crippen molar-refractivity contribution in [3.63, 3.8) is 0 Å². The van der Waals surface area contributed by atoms with E-state index in [1.165, 1.54) is 0 Å². The van der Waals surface area contributed by atoms with Gasteiger partial charge in [-0.3, -0.25) is 15.0 Å². The highest BCUT2D eigenvalue weighted by atomic mass is 14.7. The van der Waals surface area contributed by atoms with E-state index in [1.807, 2.05) is 61.8 Å². The molecule has 0 aliphatic carbocycles. The molecule has 0 unspecified atom stereocenters. The van der Waals surface area contributed by atoms with Gasteiger partial charge in [-0.2, -0.15) is 0 Å². The van der Waals surface area contributed by atoms with E-state index in [0.717, 1.165) is 50.5 Å². The largest absolute Gasteiger partial charge is 0.264 e. The summed E-state index contributed by atoms with van der Waals surface area (Å²) in [7, 11) is 0. The fourth-order valence-corrected chi connectivity index (χ4v) is 3.86. The highest BCUT2D eigenvalue weighted by Gasteiger charge is 2.12. The Hall–Kier alpha value is -4.37. The molecule has 3 nitrogen and oxygen atoms in total. The summed E-state index contributed by atoms with van der Waals surface area (Å²) in [4.78, 5) is 14.0. The van der Waals surface area contributed by atoms with Crippen LogP contribution in [0.5, 0.6) is 0 Å². The number of rotatable bonds is 5. The Kier molecular flexibility index (Phi) is 5.85. The van der Waals surface area contributed by atoms with Crippen LogP contribution in [-0.4, -0.2) is 15.0 Å².